The highest BCUT2D eigenvalue weighted by molar-refractivity contribution is 6.31. The molecule has 1 rings (SSSR count). The van der Waals surface area contributed by atoms with Gasteiger partial charge >= 0.3 is 5.97 Å². The van der Waals surface area contributed by atoms with Crippen molar-refractivity contribution in [2.24, 2.45) is 5.90 Å². The molecule has 5 heteroatoms. The molecule has 0 aliphatic heterocycles. The molecule has 4 nitrogen and oxygen atoms in total. The lowest BCUT2D eigenvalue weighted by Crippen LogP contribution is -2.21. The third-order valence-electron chi connectivity index (χ3n) is 2.03. The van der Waals surface area contributed by atoms with Crippen LogP contribution in [0.5, 0.6) is 0 Å². The number of carbonyl (C=O) groups is 1. The van der Waals surface area contributed by atoms with E-state index >= 15 is 0 Å². The Morgan fingerprint density at radius 2 is 2.20 bits per heavy atom. The number of methoxy groups -OCH3 is 1. The van der Waals surface area contributed by atoms with Crippen molar-refractivity contribution in [3.63, 3.8) is 0 Å². The van der Waals surface area contributed by atoms with Crippen molar-refractivity contribution in [2.45, 2.75) is 5.92 Å². The van der Waals surface area contributed by atoms with E-state index in [1.807, 2.05) is 0 Å². The summed E-state index contributed by atoms with van der Waals surface area (Å²) in [5.41, 5.74) is 0.650. The van der Waals surface area contributed by atoms with Gasteiger partial charge in [-0.3, -0.25) is 4.79 Å². The standard InChI is InChI=1S/C10H12ClNO3/c1-14-10(13)8(6-15-12)7-4-2-3-5-9(7)11/h2-5,8H,6,12H2,1H3. The fourth-order valence-corrected chi connectivity index (χ4v) is 1.55. The molecule has 0 saturated heterocycles. The number of ether oxygens (including phenoxy) is 1. The first-order valence-electron chi connectivity index (χ1n) is 4.34. The van der Waals surface area contributed by atoms with Gasteiger partial charge < -0.3 is 9.57 Å². The van der Waals surface area contributed by atoms with E-state index in [0.717, 1.165) is 0 Å². The van der Waals surface area contributed by atoms with Crippen LogP contribution < -0.4 is 5.90 Å². The summed E-state index contributed by atoms with van der Waals surface area (Å²) in [4.78, 5) is 15.9. The first-order valence-corrected chi connectivity index (χ1v) is 4.72. The number of hydrogen-bond acceptors (Lipinski definition) is 4. The van der Waals surface area contributed by atoms with Gasteiger partial charge in [-0.05, 0) is 11.6 Å². The van der Waals surface area contributed by atoms with Crippen LogP contribution in [0.15, 0.2) is 24.3 Å². The van der Waals surface area contributed by atoms with Crippen molar-refractivity contribution in [3.8, 4) is 0 Å². The molecule has 0 bridgehead atoms. The Morgan fingerprint density at radius 3 is 2.73 bits per heavy atom. The maximum atomic E-state index is 11.4. The average molecular weight is 230 g/mol. The summed E-state index contributed by atoms with van der Waals surface area (Å²) in [5, 5.41) is 0.491. The fourth-order valence-electron chi connectivity index (χ4n) is 1.28. The molecule has 2 N–H and O–H groups in total. The van der Waals surface area contributed by atoms with Crippen molar-refractivity contribution in [2.75, 3.05) is 13.7 Å². The number of benzene rings is 1. The number of esters is 1. The highest BCUT2D eigenvalue weighted by Crippen LogP contribution is 2.25. The Morgan fingerprint density at radius 1 is 1.53 bits per heavy atom. The van der Waals surface area contributed by atoms with E-state index in [4.69, 9.17) is 17.5 Å². The Hall–Kier alpha value is -1.10. The third-order valence-corrected chi connectivity index (χ3v) is 2.37. The van der Waals surface area contributed by atoms with E-state index < -0.39 is 11.9 Å². The Kier molecular flexibility index (Phi) is 4.55. The van der Waals surface area contributed by atoms with Crippen LogP contribution in [0.1, 0.15) is 11.5 Å². The predicted molar refractivity (Wildman–Crippen MR) is 56.3 cm³/mol. The van der Waals surface area contributed by atoms with E-state index in [0.29, 0.717) is 10.6 Å². The quantitative estimate of drug-likeness (QED) is 0.628. The van der Waals surface area contributed by atoms with Gasteiger partial charge in [0.15, 0.2) is 0 Å². The maximum Gasteiger partial charge on any atom is 0.315 e. The molecule has 0 spiro atoms. The van der Waals surface area contributed by atoms with Crippen molar-refractivity contribution in [1.29, 1.82) is 0 Å². The molecule has 0 aliphatic carbocycles. The van der Waals surface area contributed by atoms with Crippen molar-refractivity contribution in [3.05, 3.63) is 34.9 Å². The van der Waals surface area contributed by atoms with E-state index in [2.05, 4.69) is 9.57 Å². The van der Waals surface area contributed by atoms with E-state index in [9.17, 15) is 4.79 Å². The molecule has 1 unspecified atom stereocenters. The van der Waals surface area contributed by atoms with Gasteiger partial charge in [-0.25, -0.2) is 5.90 Å². The van der Waals surface area contributed by atoms with Gasteiger partial charge in [0.2, 0.25) is 0 Å². The molecule has 0 amide bonds. The first kappa shape index (κ1) is 12.0. The Bertz CT molecular complexity index is 343. The summed E-state index contributed by atoms with van der Waals surface area (Å²) in [6.45, 7) is 0.0381. The molecule has 15 heavy (non-hydrogen) atoms. The Labute approximate surface area is 92.9 Å². The van der Waals surface area contributed by atoms with Crippen LogP contribution in [0.25, 0.3) is 0 Å². The lowest BCUT2D eigenvalue weighted by atomic mass is 10.0. The summed E-state index contributed by atoms with van der Waals surface area (Å²) in [6, 6.07) is 7.00. The van der Waals surface area contributed by atoms with Crippen molar-refractivity contribution < 1.29 is 14.4 Å². The van der Waals surface area contributed by atoms with Crippen LogP contribution >= 0.6 is 11.6 Å². The predicted octanol–water partition coefficient (Wildman–Crippen LogP) is 1.49. The van der Waals surface area contributed by atoms with Gasteiger partial charge in [0.05, 0.1) is 13.7 Å². The highest BCUT2D eigenvalue weighted by Gasteiger charge is 2.23. The molecule has 0 heterocycles. The summed E-state index contributed by atoms with van der Waals surface area (Å²) in [5.74, 6) is 3.95. The largest absolute Gasteiger partial charge is 0.468 e. The van der Waals surface area contributed by atoms with Gasteiger partial charge in [-0.1, -0.05) is 29.8 Å². The zero-order valence-electron chi connectivity index (χ0n) is 8.27. The highest BCUT2D eigenvalue weighted by atomic mass is 35.5. The SMILES string of the molecule is COC(=O)C(CON)c1ccccc1Cl. The molecular weight excluding hydrogens is 218 g/mol. The Balaban J connectivity index is 2.98. The summed E-state index contributed by atoms with van der Waals surface area (Å²) in [6.07, 6.45) is 0. The zero-order valence-corrected chi connectivity index (χ0v) is 9.03. The number of rotatable bonds is 4. The molecule has 1 aromatic rings. The maximum absolute atomic E-state index is 11.4. The van der Waals surface area contributed by atoms with Gasteiger partial charge in [-0.2, -0.15) is 0 Å². The second-order valence-electron chi connectivity index (χ2n) is 2.93. The van der Waals surface area contributed by atoms with Crippen molar-refractivity contribution in [1.82, 2.24) is 0 Å². The normalized spacial score (nSPS) is 12.2. The van der Waals surface area contributed by atoms with Crippen LogP contribution in [0.2, 0.25) is 5.02 Å². The van der Waals surface area contributed by atoms with Gasteiger partial charge in [-0.15, -0.1) is 0 Å². The number of nitrogens with two attached hydrogens (primary N) is 1. The molecule has 0 aliphatic rings. The molecular formula is C10H12ClNO3. The van der Waals surface area contributed by atoms with E-state index in [1.54, 1.807) is 24.3 Å². The van der Waals surface area contributed by atoms with E-state index in [-0.39, 0.29) is 6.61 Å². The minimum absolute atomic E-state index is 0.0381. The number of carbonyl (C=O) groups excluding carboxylic acids is 1. The van der Waals surface area contributed by atoms with Crippen LogP contribution in [0, 0.1) is 0 Å². The molecule has 0 fully saturated rings. The molecule has 1 atom stereocenters. The fraction of sp³-hybridized carbons (Fsp3) is 0.300. The second kappa shape index (κ2) is 5.70. The van der Waals surface area contributed by atoms with Crippen LogP contribution in [0.4, 0.5) is 0 Å². The van der Waals surface area contributed by atoms with Crippen LogP contribution in [-0.2, 0) is 14.4 Å². The smallest absolute Gasteiger partial charge is 0.315 e. The van der Waals surface area contributed by atoms with E-state index in [1.165, 1.54) is 7.11 Å². The molecule has 82 valence electrons. The number of halogens is 1. The van der Waals surface area contributed by atoms with Crippen LogP contribution in [0.3, 0.4) is 0 Å². The first-order chi connectivity index (χ1) is 7.20. The van der Waals surface area contributed by atoms with Gasteiger partial charge in [0.25, 0.3) is 0 Å². The molecule has 0 radical (unpaired) electrons. The topological polar surface area (TPSA) is 61.5 Å². The minimum Gasteiger partial charge on any atom is -0.468 e. The lowest BCUT2D eigenvalue weighted by Gasteiger charge is -2.14. The van der Waals surface area contributed by atoms with Gasteiger partial charge in [0, 0.05) is 5.02 Å². The van der Waals surface area contributed by atoms with Gasteiger partial charge in [0.1, 0.15) is 5.92 Å². The van der Waals surface area contributed by atoms with Crippen molar-refractivity contribution >= 4 is 17.6 Å². The minimum atomic E-state index is -0.589. The second-order valence-corrected chi connectivity index (χ2v) is 3.34. The molecule has 0 saturated carbocycles. The zero-order chi connectivity index (χ0) is 11.3. The number of hydrogen-bond donors (Lipinski definition) is 1. The molecule has 1 aromatic carbocycles. The third kappa shape index (κ3) is 2.92. The summed E-state index contributed by atoms with van der Waals surface area (Å²) in [7, 11) is 1.31. The van der Waals surface area contributed by atoms with Crippen LogP contribution in [-0.4, -0.2) is 19.7 Å². The monoisotopic (exact) mass is 229 g/mol. The summed E-state index contributed by atoms with van der Waals surface area (Å²) < 4.78 is 4.64. The summed E-state index contributed by atoms with van der Waals surface area (Å²) >= 11 is 5.95. The lowest BCUT2D eigenvalue weighted by molar-refractivity contribution is -0.144. The average Bonchev–Trinajstić information content (AvgIpc) is 2.26. The molecule has 0 aromatic heterocycles.